The van der Waals surface area contributed by atoms with Gasteiger partial charge in [-0.05, 0) is 79.3 Å². The van der Waals surface area contributed by atoms with Crippen LogP contribution in [0.4, 0.5) is 11.4 Å². The maximum absolute atomic E-state index is 9.03. The summed E-state index contributed by atoms with van der Waals surface area (Å²) in [6.45, 7) is 4.51. The van der Waals surface area contributed by atoms with Crippen molar-refractivity contribution in [1.82, 2.24) is 10.2 Å². The number of piperazine rings is 1. The van der Waals surface area contributed by atoms with Crippen LogP contribution in [-0.4, -0.2) is 43.1 Å². The van der Waals surface area contributed by atoms with Gasteiger partial charge in [0.25, 0.3) is 0 Å². The fourth-order valence-corrected chi connectivity index (χ4v) is 6.45. The molecule has 0 bridgehead atoms. The molecule has 0 aromatic heterocycles. The van der Waals surface area contributed by atoms with Gasteiger partial charge in [-0.1, -0.05) is 18.2 Å². The summed E-state index contributed by atoms with van der Waals surface area (Å²) in [6, 6.07) is 18.6. The van der Waals surface area contributed by atoms with Crippen LogP contribution in [0, 0.1) is 28.7 Å². The molecule has 0 radical (unpaired) electrons. The number of nitrogens with one attached hydrogen (secondary N) is 1. The van der Waals surface area contributed by atoms with Crippen LogP contribution in [0.3, 0.4) is 0 Å². The van der Waals surface area contributed by atoms with Gasteiger partial charge in [0.2, 0.25) is 0 Å². The van der Waals surface area contributed by atoms with E-state index in [1.165, 1.54) is 44.5 Å². The lowest BCUT2D eigenvalue weighted by Gasteiger charge is -2.40. The third-order valence-electron chi connectivity index (χ3n) is 8.29. The molecular weight excluding hydrogens is 398 g/mol. The number of rotatable bonds is 4. The highest BCUT2D eigenvalue weighted by atomic mass is 16.5. The van der Waals surface area contributed by atoms with E-state index in [0.29, 0.717) is 5.75 Å². The van der Waals surface area contributed by atoms with E-state index < -0.39 is 0 Å². The number of nitriles is 1. The summed E-state index contributed by atoms with van der Waals surface area (Å²) < 4.78 is 5.70. The smallest absolute Gasteiger partial charge is 0.309 e. The van der Waals surface area contributed by atoms with Gasteiger partial charge in [0.05, 0.1) is 5.69 Å². The molecular formula is C26H29N5O. The van der Waals surface area contributed by atoms with E-state index in [1.807, 2.05) is 48.7 Å². The number of nitrogens with zero attached hydrogens (tertiary/aromatic N) is 4. The molecule has 2 aromatic carbocycles. The Balaban J connectivity index is 1.07. The van der Waals surface area contributed by atoms with E-state index >= 15 is 0 Å². The van der Waals surface area contributed by atoms with E-state index in [1.54, 1.807) is 0 Å². The van der Waals surface area contributed by atoms with Gasteiger partial charge in [-0.15, -0.1) is 0 Å². The molecule has 1 saturated heterocycles. The predicted octanol–water partition coefficient (Wildman–Crippen LogP) is 4.13. The molecule has 4 aliphatic rings. The molecule has 164 valence electrons. The van der Waals surface area contributed by atoms with Crippen molar-refractivity contribution in [1.29, 1.82) is 5.26 Å². The van der Waals surface area contributed by atoms with Crippen LogP contribution in [0.5, 0.6) is 5.75 Å². The molecule has 2 aromatic rings. The molecule has 4 fully saturated rings. The summed E-state index contributed by atoms with van der Waals surface area (Å²) in [6.07, 6.45) is 7.87. The van der Waals surface area contributed by atoms with Gasteiger partial charge in [0.15, 0.2) is 6.19 Å². The van der Waals surface area contributed by atoms with Gasteiger partial charge in [0, 0.05) is 37.9 Å². The second-order valence-electron chi connectivity index (χ2n) is 9.69. The lowest BCUT2D eigenvalue weighted by molar-refractivity contribution is 0.147. The van der Waals surface area contributed by atoms with Crippen molar-refractivity contribution < 1.29 is 4.74 Å². The first-order valence-corrected chi connectivity index (χ1v) is 11.8. The Hall–Kier alpha value is -3.04. The standard InChI is InChI=1S/C26H29N5O/c27-18-28-25(32-22-4-2-1-3-5-22)29-20-6-8-21(9-7-20)30-12-14-31(15-13-30)24-16-19-10-11-26(19)17-23(24)26/h1-9,19,23-24H,10-17H2,(H,28,29)/t19-,23?,24-,26?/m0/s1. The topological polar surface area (TPSA) is 63.9 Å². The molecule has 0 amide bonds. The Kier molecular flexibility index (Phi) is 4.80. The van der Waals surface area contributed by atoms with Crippen LogP contribution in [-0.2, 0) is 0 Å². The van der Waals surface area contributed by atoms with Gasteiger partial charge in [0.1, 0.15) is 5.75 Å². The number of ether oxygens (including phenoxy) is 1. The van der Waals surface area contributed by atoms with Crippen molar-refractivity contribution in [3.8, 4) is 11.9 Å². The fourth-order valence-electron chi connectivity index (χ4n) is 6.45. The van der Waals surface area contributed by atoms with E-state index in [2.05, 4.69) is 32.2 Å². The van der Waals surface area contributed by atoms with Gasteiger partial charge < -0.3 is 9.64 Å². The summed E-state index contributed by atoms with van der Waals surface area (Å²) in [5.74, 6) is 2.70. The Labute approximate surface area is 189 Å². The molecule has 3 saturated carbocycles. The first-order valence-electron chi connectivity index (χ1n) is 11.8. The Morgan fingerprint density at radius 1 is 1.06 bits per heavy atom. The molecule has 32 heavy (non-hydrogen) atoms. The molecule has 1 aliphatic heterocycles. The minimum atomic E-state index is 0.170. The third kappa shape index (κ3) is 3.41. The van der Waals surface area contributed by atoms with Gasteiger partial charge in [-0.3, -0.25) is 4.90 Å². The van der Waals surface area contributed by atoms with Crippen molar-refractivity contribution in [3.63, 3.8) is 0 Å². The Morgan fingerprint density at radius 2 is 1.84 bits per heavy atom. The van der Waals surface area contributed by atoms with Crippen molar-refractivity contribution in [2.45, 2.75) is 31.7 Å². The highest BCUT2D eigenvalue weighted by Crippen LogP contribution is 2.76. The monoisotopic (exact) mass is 427 g/mol. The molecule has 1 spiro atoms. The summed E-state index contributed by atoms with van der Waals surface area (Å²) >= 11 is 0. The number of amidine groups is 1. The SMILES string of the molecule is N#CNC(=Nc1ccc(N2CCN([C@H]3C[C@@H]4CCC45CC35)CC2)cc1)Oc1ccccc1. The number of anilines is 1. The molecule has 1 N–H and O–H groups in total. The van der Waals surface area contributed by atoms with Gasteiger partial charge in [-0.2, -0.15) is 10.3 Å². The lowest BCUT2D eigenvalue weighted by atomic mass is 9.71. The summed E-state index contributed by atoms with van der Waals surface area (Å²) in [7, 11) is 0. The average molecular weight is 428 g/mol. The number of aliphatic imine (C=N–C) groups is 1. The van der Waals surface area contributed by atoms with Crippen molar-refractivity contribution in [3.05, 3.63) is 54.6 Å². The molecule has 6 nitrogen and oxygen atoms in total. The van der Waals surface area contributed by atoms with Crippen molar-refractivity contribution in [2.75, 3.05) is 31.1 Å². The fraction of sp³-hybridized carbons (Fsp3) is 0.462. The number of para-hydroxylation sites is 1. The average Bonchev–Trinajstić information content (AvgIpc) is 3.54. The van der Waals surface area contributed by atoms with Crippen LogP contribution in [0.15, 0.2) is 59.6 Å². The lowest BCUT2D eigenvalue weighted by Crippen LogP contribution is -2.50. The third-order valence-corrected chi connectivity index (χ3v) is 8.29. The molecule has 3 aliphatic carbocycles. The van der Waals surface area contributed by atoms with Crippen molar-refractivity contribution >= 4 is 17.4 Å². The minimum Gasteiger partial charge on any atom is -0.425 e. The number of hydrogen-bond donors (Lipinski definition) is 1. The number of hydrogen-bond acceptors (Lipinski definition) is 5. The second-order valence-corrected chi connectivity index (χ2v) is 9.69. The zero-order valence-corrected chi connectivity index (χ0v) is 18.3. The first kappa shape index (κ1) is 19.6. The Bertz CT molecular complexity index is 1040. The highest BCUT2D eigenvalue weighted by molar-refractivity contribution is 5.80. The van der Waals surface area contributed by atoms with Crippen LogP contribution < -0.4 is 15.0 Å². The van der Waals surface area contributed by atoms with Gasteiger partial charge >= 0.3 is 6.02 Å². The molecule has 4 atom stereocenters. The molecule has 2 unspecified atom stereocenters. The molecule has 1 heterocycles. The Morgan fingerprint density at radius 3 is 2.44 bits per heavy atom. The predicted molar refractivity (Wildman–Crippen MR) is 125 cm³/mol. The van der Waals surface area contributed by atoms with E-state index in [-0.39, 0.29) is 6.02 Å². The molecule has 6 rings (SSSR count). The van der Waals surface area contributed by atoms with Gasteiger partial charge in [-0.25, -0.2) is 5.32 Å². The highest BCUT2D eigenvalue weighted by Gasteiger charge is 2.71. The maximum atomic E-state index is 9.03. The van der Waals surface area contributed by atoms with Crippen LogP contribution >= 0.6 is 0 Å². The van der Waals surface area contributed by atoms with E-state index in [4.69, 9.17) is 10.00 Å². The minimum absolute atomic E-state index is 0.170. The van der Waals surface area contributed by atoms with Crippen LogP contribution in [0.1, 0.15) is 25.7 Å². The zero-order valence-electron chi connectivity index (χ0n) is 18.3. The summed E-state index contributed by atoms with van der Waals surface area (Å²) in [5.41, 5.74) is 2.79. The molecule has 6 heteroatoms. The zero-order chi connectivity index (χ0) is 21.5. The van der Waals surface area contributed by atoms with E-state index in [0.717, 1.165) is 42.1 Å². The number of benzene rings is 2. The van der Waals surface area contributed by atoms with Crippen molar-refractivity contribution in [2.24, 2.45) is 22.2 Å². The quantitative estimate of drug-likeness (QED) is 0.344. The maximum Gasteiger partial charge on any atom is 0.309 e. The first-order chi connectivity index (χ1) is 15.7. The second kappa shape index (κ2) is 7.83. The summed E-state index contributed by atoms with van der Waals surface area (Å²) in [4.78, 5) is 9.72. The van der Waals surface area contributed by atoms with Crippen LogP contribution in [0.25, 0.3) is 0 Å². The van der Waals surface area contributed by atoms with Crippen LogP contribution in [0.2, 0.25) is 0 Å². The summed E-state index contributed by atoms with van der Waals surface area (Å²) in [5, 5.41) is 11.5. The van der Waals surface area contributed by atoms with E-state index in [9.17, 15) is 0 Å². The largest absolute Gasteiger partial charge is 0.425 e. The normalized spacial score (nSPS) is 31.2.